The third-order valence-corrected chi connectivity index (χ3v) is 7.47. The summed E-state index contributed by atoms with van der Waals surface area (Å²) in [6.45, 7) is 2.01. The number of rotatable bonds is 7. The van der Waals surface area contributed by atoms with Crippen LogP contribution in [0.2, 0.25) is 0 Å². The first-order valence-corrected chi connectivity index (χ1v) is 13.0. The van der Waals surface area contributed by atoms with Crippen LogP contribution in [0, 0.1) is 0 Å². The van der Waals surface area contributed by atoms with Gasteiger partial charge in [-0.2, -0.15) is 0 Å². The second kappa shape index (κ2) is 9.98. The number of amides is 1. The topological polar surface area (TPSA) is 94.3 Å². The number of carbonyl (C=O) groups is 1. The summed E-state index contributed by atoms with van der Waals surface area (Å²) < 4.78 is 9.64. The van der Waals surface area contributed by atoms with Gasteiger partial charge in [0.15, 0.2) is 16.6 Å². The van der Waals surface area contributed by atoms with E-state index < -0.39 is 0 Å². The van der Waals surface area contributed by atoms with Gasteiger partial charge in [-0.05, 0) is 42.7 Å². The van der Waals surface area contributed by atoms with Crippen molar-refractivity contribution in [3.05, 3.63) is 84.5 Å². The van der Waals surface area contributed by atoms with Crippen LogP contribution in [0.5, 0.6) is 0 Å². The van der Waals surface area contributed by atoms with Crippen molar-refractivity contribution >= 4 is 23.3 Å². The van der Waals surface area contributed by atoms with Gasteiger partial charge in [-0.15, -0.1) is 20.4 Å². The molecule has 1 saturated heterocycles. The van der Waals surface area contributed by atoms with Gasteiger partial charge in [0.25, 0.3) is 0 Å². The predicted molar refractivity (Wildman–Crippen MR) is 136 cm³/mol. The minimum atomic E-state index is 0.110. The molecule has 0 aliphatic carbocycles. The van der Waals surface area contributed by atoms with Crippen molar-refractivity contribution in [1.82, 2.24) is 34.3 Å². The predicted octanol–water partition coefficient (Wildman–Crippen LogP) is 4.13. The first-order valence-electron chi connectivity index (χ1n) is 12.0. The number of piperidine rings is 1. The maximum Gasteiger partial charge on any atom is 0.233 e. The van der Waals surface area contributed by atoms with E-state index in [9.17, 15) is 4.79 Å². The van der Waals surface area contributed by atoms with Crippen molar-refractivity contribution in [2.24, 2.45) is 0 Å². The van der Waals surface area contributed by atoms with Crippen LogP contribution in [-0.4, -0.2) is 59.0 Å². The second-order valence-electron chi connectivity index (χ2n) is 8.79. The van der Waals surface area contributed by atoms with Gasteiger partial charge in [0, 0.05) is 25.2 Å². The van der Waals surface area contributed by atoms with Crippen molar-refractivity contribution in [2.75, 3.05) is 18.8 Å². The molecule has 4 aromatic heterocycles. The van der Waals surface area contributed by atoms with Crippen molar-refractivity contribution in [3.8, 4) is 11.6 Å². The molecular weight excluding hydrogens is 474 g/mol. The fourth-order valence-electron chi connectivity index (χ4n) is 4.64. The molecule has 1 amide bonds. The first kappa shape index (κ1) is 22.5. The Morgan fingerprint density at radius 3 is 2.58 bits per heavy atom. The summed E-state index contributed by atoms with van der Waals surface area (Å²) in [4.78, 5) is 15.0. The van der Waals surface area contributed by atoms with Crippen molar-refractivity contribution in [1.29, 1.82) is 0 Å². The zero-order valence-electron chi connectivity index (χ0n) is 19.6. The Bertz CT molecular complexity index is 1450. The van der Waals surface area contributed by atoms with Gasteiger partial charge in [0.2, 0.25) is 11.7 Å². The van der Waals surface area contributed by atoms with Gasteiger partial charge in [0.1, 0.15) is 5.82 Å². The number of pyridine rings is 1. The van der Waals surface area contributed by atoms with E-state index in [0.29, 0.717) is 48.0 Å². The SMILES string of the molecule is O=C(CSc1nnc(-c2ccco2)n1Cc1ccccc1)N1CCC(c2nnc3ccccn23)CC1. The van der Waals surface area contributed by atoms with E-state index in [1.165, 1.54) is 11.8 Å². The zero-order chi connectivity index (χ0) is 24.3. The molecule has 1 aromatic carbocycles. The Labute approximate surface area is 212 Å². The van der Waals surface area contributed by atoms with E-state index in [2.05, 4.69) is 32.5 Å². The average Bonchev–Trinajstić information content (AvgIpc) is 3.68. The maximum absolute atomic E-state index is 13.1. The van der Waals surface area contributed by atoms with Crippen LogP contribution in [0.4, 0.5) is 0 Å². The lowest BCUT2D eigenvalue weighted by Gasteiger charge is -2.31. The molecular formula is C26H25N7O2S. The third kappa shape index (κ3) is 4.51. The number of benzene rings is 1. The molecule has 1 aliphatic rings. The van der Waals surface area contributed by atoms with E-state index in [0.717, 1.165) is 29.9 Å². The van der Waals surface area contributed by atoms with E-state index in [1.807, 2.05) is 68.6 Å². The number of fused-ring (bicyclic) bond motifs is 1. The largest absolute Gasteiger partial charge is 0.461 e. The molecule has 5 heterocycles. The highest BCUT2D eigenvalue weighted by Gasteiger charge is 2.27. The van der Waals surface area contributed by atoms with Crippen LogP contribution in [-0.2, 0) is 11.3 Å². The zero-order valence-corrected chi connectivity index (χ0v) is 20.4. The number of carbonyl (C=O) groups excluding carboxylic acids is 1. The number of thioether (sulfide) groups is 1. The molecule has 0 N–H and O–H groups in total. The van der Waals surface area contributed by atoms with E-state index >= 15 is 0 Å². The van der Waals surface area contributed by atoms with E-state index in [4.69, 9.17) is 4.42 Å². The lowest BCUT2D eigenvalue weighted by Crippen LogP contribution is -2.39. The number of nitrogens with zero attached hydrogens (tertiary/aromatic N) is 7. The monoisotopic (exact) mass is 499 g/mol. The van der Waals surface area contributed by atoms with Gasteiger partial charge >= 0.3 is 0 Å². The van der Waals surface area contributed by atoms with Crippen molar-refractivity contribution in [3.63, 3.8) is 0 Å². The summed E-state index contributed by atoms with van der Waals surface area (Å²) in [7, 11) is 0. The number of hydrogen-bond donors (Lipinski definition) is 0. The quantitative estimate of drug-likeness (QED) is 0.311. The molecule has 0 spiro atoms. The molecule has 0 saturated carbocycles. The Balaban J connectivity index is 1.12. The van der Waals surface area contributed by atoms with Crippen LogP contribution >= 0.6 is 11.8 Å². The number of aromatic nitrogens is 6. The lowest BCUT2D eigenvalue weighted by atomic mass is 9.96. The fourth-order valence-corrected chi connectivity index (χ4v) is 5.48. The highest BCUT2D eigenvalue weighted by Crippen LogP contribution is 2.29. The molecule has 0 atom stereocenters. The van der Waals surface area contributed by atoms with Crippen molar-refractivity contribution < 1.29 is 9.21 Å². The molecule has 5 aromatic rings. The molecule has 0 radical (unpaired) electrons. The Hall–Kier alpha value is -3.92. The molecule has 1 aliphatic heterocycles. The summed E-state index contributed by atoms with van der Waals surface area (Å²) in [5.74, 6) is 3.00. The molecule has 10 heteroatoms. The lowest BCUT2D eigenvalue weighted by molar-refractivity contribution is -0.129. The normalized spacial score (nSPS) is 14.5. The summed E-state index contributed by atoms with van der Waals surface area (Å²) >= 11 is 1.42. The minimum absolute atomic E-state index is 0.110. The van der Waals surface area contributed by atoms with Gasteiger partial charge in [-0.25, -0.2) is 0 Å². The van der Waals surface area contributed by atoms with Crippen LogP contribution in [0.3, 0.4) is 0 Å². The first-order chi connectivity index (χ1) is 17.8. The van der Waals surface area contributed by atoms with Crippen LogP contribution in [0.25, 0.3) is 17.2 Å². The Kier molecular flexibility index (Phi) is 6.25. The molecule has 6 rings (SSSR count). The second-order valence-corrected chi connectivity index (χ2v) is 9.73. The molecule has 182 valence electrons. The van der Waals surface area contributed by atoms with Gasteiger partial charge in [-0.3, -0.25) is 13.8 Å². The van der Waals surface area contributed by atoms with Gasteiger partial charge in [-0.1, -0.05) is 48.2 Å². The number of hydrogen-bond acceptors (Lipinski definition) is 7. The van der Waals surface area contributed by atoms with Gasteiger partial charge < -0.3 is 9.32 Å². The Morgan fingerprint density at radius 2 is 1.78 bits per heavy atom. The molecule has 0 unspecified atom stereocenters. The summed E-state index contributed by atoms with van der Waals surface area (Å²) in [6, 6.07) is 19.7. The summed E-state index contributed by atoms with van der Waals surface area (Å²) in [6.07, 6.45) is 5.37. The van der Waals surface area contributed by atoms with Crippen molar-refractivity contribution in [2.45, 2.75) is 30.5 Å². The molecule has 36 heavy (non-hydrogen) atoms. The fraction of sp³-hybridized carbons (Fsp3) is 0.269. The standard InChI is InChI=1S/C26H25N7O2S/c34-23(31-14-11-20(12-15-31)24-28-27-22-10-4-5-13-32(22)24)18-36-26-30-29-25(21-9-6-16-35-21)33(26)17-19-7-2-1-3-8-19/h1-10,13,16,20H,11-12,14-15,17-18H2. The summed E-state index contributed by atoms with van der Waals surface area (Å²) in [5.41, 5.74) is 1.98. The molecule has 0 bridgehead atoms. The minimum Gasteiger partial charge on any atom is -0.461 e. The van der Waals surface area contributed by atoms with E-state index in [1.54, 1.807) is 6.26 Å². The number of furan rings is 1. The molecule has 1 fully saturated rings. The third-order valence-electron chi connectivity index (χ3n) is 6.52. The maximum atomic E-state index is 13.1. The molecule has 9 nitrogen and oxygen atoms in total. The smallest absolute Gasteiger partial charge is 0.233 e. The number of likely N-dealkylation sites (tertiary alicyclic amines) is 1. The highest BCUT2D eigenvalue weighted by molar-refractivity contribution is 7.99. The van der Waals surface area contributed by atoms with Crippen LogP contribution < -0.4 is 0 Å². The summed E-state index contributed by atoms with van der Waals surface area (Å²) in [5, 5.41) is 18.1. The highest BCUT2D eigenvalue weighted by atomic mass is 32.2. The van der Waals surface area contributed by atoms with Gasteiger partial charge in [0.05, 0.1) is 18.6 Å². The average molecular weight is 500 g/mol. The Morgan fingerprint density at radius 1 is 0.944 bits per heavy atom. The van der Waals surface area contributed by atoms with Crippen LogP contribution in [0.1, 0.15) is 30.1 Å². The van der Waals surface area contributed by atoms with Crippen LogP contribution in [0.15, 0.2) is 82.7 Å². The van der Waals surface area contributed by atoms with E-state index in [-0.39, 0.29) is 5.91 Å².